The van der Waals surface area contributed by atoms with Crippen LogP contribution in [0.5, 0.6) is 5.75 Å². The van der Waals surface area contributed by atoms with Gasteiger partial charge < -0.3 is 19.9 Å². The van der Waals surface area contributed by atoms with Gasteiger partial charge in [-0.2, -0.15) is 0 Å². The molecule has 2 atom stereocenters. The SMILES string of the molecule is Cc1cc([C@@H]2[C@@H](c3ccccn3)NC(=S)N2C2CCCC2)c(C)n1-c1ccc(O)cc1. The summed E-state index contributed by atoms with van der Waals surface area (Å²) >= 11 is 5.87. The second-order valence-electron chi connectivity index (χ2n) is 8.65. The zero-order valence-corrected chi connectivity index (χ0v) is 18.8. The van der Waals surface area contributed by atoms with Gasteiger partial charge >= 0.3 is 0 Å². The van der Waals surface area contributed by atoms with E-state index in [-0.39, 0.29) is 17.8 Å². The number of rotatable bonds is 4. The zero-order valence-electron chi connectivity index (χ0n) is 18.0. The van der Waals surface area contributed by atoms with Crippen LogP contribution in [-0.2, 0) is 0 Å². The number of hydrogen-bond donors (Lipinski definition) is 2. The van der Waals surface area contributed by atoms with Gasteiger partial charge in [-0.25, -0.2) is 0 Å². The molecular weight excluding hydrogens is 404 g/mol. The molecule has 1 saturated heterocycles. The molecule has 0 bridgehead atoms. The van der Waals surface area contributed by atoms with Gasteiger partial charge in [-0.05, 0) is 86.9 Å². The number of pyridine rings is 1. The Balaban J connectivity index is 1.63. The summed E-state index contributed by atoms with van der Waals surface area (Å²) in [4.78, 5) is 7.12. The summed E-state index contributed by atoms with van der Waals surface area (Å²) in [7, 11) is 0. The van der Waals surface area contributed by atoms with Crippen LogP contribution in [-0.4, -0.2) is 30.7 Å². The first-order chi connectivity index (χ1) is 15.0. The van der Waals surface area contributed by atoms with E-state index in [9.17, 15) is 5.11 Å². The number of thiocarbonyl (C=S) groups is 1. The van der Waals surface area contributed by atoms with E-state index in [2.05, 4.69) is 45.7 Å². The van der Waals surface area contributed by atoms with Gasteiger partial charge in [0.1, 0.15) is 5.75 Å². The van der Waals surface area contributed by atoms with Gasteiger partial charge in [-0.15, -0.1) is 0 Å². The maximum absolute atomic E-state index is 9.72. The highest BCUT2D eigenvalue weighted by Crippen LogP contribution is 2.44. The standard InChI is InChI=1S/C25H28N4OS/c1-16-15-21(17(2)28(16)19-10-12-20(30)13-11-19)24-23(22-9-5-6-14-26-22)27-25(31)29(24)18-7-3-4-8-18/h5-6,9-15,18,23-24,30H,3-4,7-8H2,1-2H3,(H,27,31)/t23-,24-/m1/s1. The highest BCUT2D eigenvalue weighted by Gasteiger charge is 2.44. The minimum atomic E-state index is 0.0167. The highest BCUT2D eigenvalue weighted by molar-refractivity contribution is 7.80. The number of nitrogens with one attached hydrogen (secondary N) is 1. The van der Waals surface area contributed by atoms with Gasteiger partial charge in [-0.1, -0.05) is 18.9 Å². The molecule has 2 aliphatic rings. The van der Waals surface area contributed by atoms with Crippen molar-refractivity contribution >= 4 is 17.3 Å². The summed E-state index contributed by atoms with van der Waals surface area (Å²) < 4.78 is 2.26. The molecule has 1 aliphatic heterocycles. The highest BCUT2D eigenvalue weighted by atomic mass is 32.1. The number of phenolic OH excluding ortho intramolecular Hbond substituents is 1. The second-order valence-corrected chi connectivity index (χ2v) is 9.04. The summed E-state index contributed by atoms with van der Waals surface area (Å²) in [6.07, 6.45) is 6.75. The first-order valence-corrected chi connectivity index (χ1v) is 11.4. The average Bonchev–Trinajstić information content (AvgIpc) is 3.48. The van der Waals surface area contributed by atoms with Crippen molar-refractivity contribution in [3.63, 3.8) is 0 Å². The second kappa shape index (κ2) is 8.00. The van der Waals surface area contributed by atoms with Crippen molar-refractivity contribution in [3.8, 4) is 11.4 Å². The molecule has 0 amide bonds. The Bertz CT molecular complexity index is 1090. The molecular formula is C25H28N4OS. The maximum atomic E-state index is 9.72. The quantitative estimate of drug-likeness (QED) is 0.561. The van der Waals surface area contributed by atoms with Crippen molar-refractivity contribution in [2.75, 3.05) is 0 Å². The monoisotopic (exact) mass is 432 g/mol. The van der Waals surface area contributed by atoms with Gasteiger partial charge in [0, 0.05) is 29.3 Å². The minimum absolute atomic E-state index is 0.0167. The van der Waals surface area contributed by atoms with Gasteiger partial charge in [0.2, 0.25) is 0 Å². The topological polar surface area (TPSA) is 53.3 Å². The molecule has 1 saturated carbocycles. The molecule has 6 heteroatoms. The minimum Gasteiger partial charge on any atom is -0.508 e. The van der Waals surface area contributed by atoms with Crippen LogP contribution in [0.25, 0.3) is 5.69 Å². The molecule has 5 nitrogen and oxygen atoms in total. The number of nitrogens with zero attached hydrogens (tertiary/aromatic N) is 3. The van der Waals surface area contributed by atoms with Crippen molar-refractivity contribution in [1.82, 2.24) is 19.8 Å². The lowest BCUT2D eigenvalue weighted by atomic mass is 9.95. The summed E-state index contributed by atoms with van der Waals surface area (Å²) in [5, 5.41) is 14.2. The maximum Gasteiger partial charge on any atom is 0.170 e. The van der Waals surface area contributed by atoms with E-state index in [0.717, 1.165) is 16.5 Å². The molecule has 31 heavy (non-hydrogen) atoms. The molecule has 3 aromatic rings. The van der Waals surface area contributed by atoms with Crippen LogP contribution in [0.3, 0.4) is 0 Å². The molecule has 0 radical (unpaired) electrons. The number of phenols is 1. The Morgan fingerprint density at radius 2 is 1.81 bits per heavy atom. The molecule has 0 unspecified atom stereocenters. The first-order valence-electron chi connectivity index (χ1n) is 11.0. The summed E-state index contributed by atoms with van der Waals surface area (Å²) in [6, 6.07) is 16.4. The van der Waals surface area contributed by atoms with Crippen molar-refractivity contribution in [3.05, 3.63) is 77.4 Å². The van der Waals surface area contributed by atoms with Gasteiger partial charge in [0.25, 0.3) is 0 Å². The van der Waals surface area contributed by atoms with E-state index >= 15 is 0 Å². The normalized spacial score (nSPS) is 21.6. The molecule has 5 rings (SSSR count). The van der Waals surface area contributed by atoms with Crippen LogP contribution >= 0.6 is 12.2 Å². The lowest BCUT2D eigenvalue weighted by molar-refractivity contribution is 0.245. The van der Waals surface area contributed by atoms with E-state index in [1.165, 1.54) is 42.6 Å². The Hall–Kier alpha value is -2.86. The van der Waals surface area contributed by atoms with Gasteiger partial charge in [0.05, 0.1) is 17.8 Å². The van der Waals surface area contributed by atoms with Crippen molar-refractivity contribution in [1.29, 1.82) is 0 Å². The predicted molar refractivity (Wildman–Crippen MR) is 126 cm³/mol. The van der Waals surface area contributed by atoms with Crippen molar-refractivity contribution < 1.29 is 5.11 Å². The fourth-order valence-corrected chi connectivity index (χ4v) is 5.75. The third-order valence-electron chi connectivity index (χ3n) is 6.75. The van der Waals surface area contributed by atoms with Gasteiger partial charge in [0.15, 0.2) is 5.11 Å². The predicted octanol–water partition coefficient (Wildman–Crippen LogP) is 5.11. The Morgan fingerprint density at radius 3 is 2.48 bits per heavy atom. The molecule has 2 fully saturated rings. The van der Waals surface area contributed by atoms with Crippen LogP contribution in [0.1, 0.15) is 60.4 Å². The van der Waals surface area contributed by atoms with E-state index in [1.54, 1.807) is 12.1 Å². The fourth-order valence-electron chi connectivity index (χ4n) is 5.36. The number of benzene rings is 1. The number of hydrogen-bond acceptors (Lipinski definition) is 3. The zero-order chi connectivity index (χ0) is 21.5. The Kier molecular flexibility index (Phi) is 5.18. The van der Waals surface area contributed by atoms with E-state index in [0.29, 0.717) is 6.04 Å². The molecule has 0 spiro atoms. The van der Waals surface area contributed by atoms with Crippen LogP contribution in [0.2, 0.25) is 0 Å². The van der Waals surface area contributed by atoms with Gasteiger partial charge in [-0.3, -0.25) is 4.98 Å². The third kappa shape index (κ3) is 3.49. The summed E-state index contributed by atoms with van der Waals surface area (Å²) in [6.45, 7) is 4.32. The Labute approximate surface area is 188 Å². The first kappa shape index (κ1) is 20.1. The molecule has 3 heterocycles. The smallest absolute Gasteiger partial charge is 0.170 e. The molecule has 1 aliphatic carbocycles. The number of aryl methyl sites for hydroxylation is 1. The van der Waals surface area contributed by atoms with Crippen LogP contribution in [0.4, 0.5) is 0 Å². The molecule has 1 aromatic carbocycles. The Morgan fingerprint density at radius 1 is 1.06 bits per heavy atom. The van der Waals surface area contributed by atoms with E-state index in [4.69, 9.17) is 12.2 Å². The largest absolute Gasteiger partial charge is 0.508 e. The lowest BCUT2D eigenvalue weighted by Gasteiger charge is -2.33. The molecule has 2 N–H and O–H groups in total. The lowest BCUT2D eigenvalue weighted by Crippen LogP contribution is -2.37. The van der Waals surface area contributed by atoms with Crippen LogP contribution < -0.4 is 5.32 Å². The summed E-state index contributed by atoms with van der Waals surface area (Å²) in [5.41, 5.74) is 5.71. The average molecular weight is 433 g/mol. The number of aromatic nitrogens is 2. The van der Waals surface area contributed by atoms with Crippen LogP contribution in [0, 0.1) is 13.8 Å². The van der Waals surface area contributed by atoms with Crippen LogP contribution in [0.15, 0.2) is 54.7 Å². The fraction of sp³-hybridized carbons (Fsp3) is 0.360. The summed E-state index contributed by atoms with van der Waals surface area (Å²) in [5.74, 6) is 0.277. The van der Waals surface area contributed by atoms with Crippen molar-refractivity contribution in [2.45, 2.75) is 57.7 Å². The molecule has 160 valence electrons. The molecule has 2 aromatic heterocycles. The van der Waals surface area contributed by atoms with Crippen molar-refractivity contribution in [2.24, 2.45) is 0 Å². The third-order valence-corrected chi connectivity index (χ3v) is 7.08. The van der Waals surface area contributed by atoms with E-state index in [1.807, 2.05) is 30.5 Å². The van der Waals surface area contributed by atoms with E-state index < -0.39 is 0 Å². The number of aromatic hydroxyl groups is 1.